The quantitative estimate of drug-likeness (QED) is 0.864. The van der Waals surface area contributed by atoms with Gasteiger partial charge in [-0.3, -0.25) is 0 Å². The molecule has 7 nitrogen and oxygen atoms in total. The Kier molecular flexibility index (Phi) is 4.09. The molecule has 7 heteroatoms. The van der Waals surface area contributed by atoms with E-state index in [-0.39, 0.29) is 23.7 Å². The maximum atomic E-state index is 11.0. The number of rotatable bonds is 6. The number of carboxylic acid groups (broad SMARTS) is 1. The monoisotopic (exact) mass is 279 g/mol. The van der Waals surface area contributed by atoms with Gasteiger partial charge in [-0.25, -0.2) is 4.79 Å². The van der Waals surface area contributed by atoms with Crippen LogP contribution in [0.15, 0.2) is 28.9 Å². The maximum absolute atomic E-state index is 11.0. The van der Waals surface area contributed by atoms with E-state index in [0.29, 0.717) is 11.5 Å². The van der Waals surface area contributed by atoms with Gasteiger partial charge in [0.05, 0.1) is 26.0 Å². The van der Waals surface area contributed by atoms with Gasteiger partial charge in [-0.15, -0.1) is 0 Å². The topological polar surface area (TPSA) is 91.0 Å². The van der Waals surface area contributed by atoms with Crippen molar-refractivity contribution in [2.75, 3.05) is 14.2 Å². The summed E-state index contributed by atoms with van der Waals surface area (Å²) in [6, 6.07) is 4.38. The number of carbonyl (C=O) groups is 1. The standard InChI is InChI=1S/C13H13NO6/c1-17-10-5-8(13(15)16)6-11(18-2)12(10)19-7-9-3-4-14-20-9/h3-6H,7H2,1-2H3,(H,15,16). The van der Waals surface area contributed by atoms with Gasteiger partial charge in [-0.1, -0.05) is 5.16 Å². The molecule has 0 amide bonds. The van der Waals surface area contributed by atoms with E-state index in [1.165, 1.54) is 32.5 Å². The second-order valence-corrected chi connectivity index (χ2v) is 3.78. The lowest BCUT2D eigenvalue weighted by Crippen LogP contribution is -2.03. The molecule has 106 valence electrons. The molecule has 2 rings (SSSR count). The van der Waals surface area contributed by atoms with Gasteiger partial charge in [0.25, 0.3) is 0 Å². The fourth-order valence-electron chi connectivity index (χ4n) is 1.61. The number of ether oxygens (including phenoxy) is 3. The second kappa shape index (κ2) is 5.96. The van der Waals surface area contributed by atoms with Gasteiger partial charge in [0.2, 0.25) is 5.75 Å². The number of hydrogen-bond donors (Lipinski definition) is 1. The smallest absolute Gasteiger partial charge is 0.335 e. The lowest BCUT2D eigenvalue weighted by Gasteiger charge is -2.14. The molecule has 0 saturated carbocycles. The minimum Gasteiger partial charge on any atom is -0.493 e. The highest BCUT2D eigenvalue weighted by atomic mass is 16.5. The highest BCUT2D eigenvalue weighted by molar-refractivity contribution is 5.89. The van der Waals surface area contributed by atoms with Crippen LogP contribution in [0.3, 0.4) is 0 Å². The van der Waals surface area contributed by atoms with Crippen LogP contribution >= 0.6 is 0 Å². The Hall–Kier alpha value is -2.70. The van der Waals surface area contributed by atoms with Crippen LogP contribution in [0.25, 0.3) is 0 Å². The van der Waals surface area contributed by atoms with E-state index in [9.17, 15) is 4.79 Å². The minimum absolute atomic E-state index is 0.0470. The average molecular weight is 279 g/mol. The van der Waals surface area contributed by atoms with Crippen molar-refractivity contribution in [1.82, 2.24) is 5.16 Å². The summed E-state index contributed by atoms with van der Waals surface area (Å²) in [5, 5.41) is 12.6. The number of benzene rings is 1. The van der Waals surface area contributed by atoms with Gasteiger partial charge < -0.3 is 23.8 Å². The number of aromatic carboxylic acids is 1. The molecule has 0 fully saturated rings. The number of methoxy groups -OCH3 is 2. The summed E-state index contributed by atoms with van der Waals surface area (Å²) in [6.07, 6.45) is 1.50. The molecule has 0 radical (unpaired) electrons. The lowest BCUT2D eigenvalue weighted by molar-refractivity contribution is 0.0696. The molecule has 0 bridgehead atoms. The van der Waals surface area contributed by atoms with Crippen molar-refractivity contribution in [1.29, 1.82) is 0 Å². The lowest BCUT2D eigenvalue weighted by atomic mass is 10.2. The molecule has 0 aliphatic heterocycles. The van der Waals surface area contributed by atoms with Crippen molar-refractivity contribution < 1.29 is 28.6 Å². The molecule has 0 aliphatic rings. The van der Waals surface area contributed by atoms with Gasteiger partial charge in [0.15, 0.2) is 17.3 Å². The molecule has 1 aromatic carbocycles. The zero-order chi connectivity index (χ0) is 14.5. The zero-order valence-corrected chi connectivity index (χ0v) is 11.0. The molecule has 0 unspecified atom stereocenters. The van der Waals surface area contributed by atoms with Crippen molar-refractivity contribution in [3.8, 4) is 17.2 Å². The first-order valence-electron chi connectivity index (χ1n) is 5.67. The molecule has 1 heterocycles. The summed E-state index contributed by atoms with van der Waals surface area (Å²) in [6.45, 7) is 0.124. The van der Waals surface area contributed by atoms with Gasteiger partial charge in [0.1, 0.15) is 6.61 Å². The normalized spacial score (nSPS) is 10.1. The van der Waals surface area contributed by atoms with Crippen molar-refractivity contribution in [2.24, 2.45) is 0 Å². The predicted octanol–water partition coefficient (Wildman–Crippen LogP) is 1.97. The molecule has 0 spiro atoms. The summed E-state index contributed by atoms with van der Waals surface area (Å²) >= 11 is 0. The zero-order valence-electron chi connectivity index (χ0n) is 11.0. The molecule has 1 N–H and O–H groups in total. The van der Waals surface area contributed by atoms with Gasteiger partial charge in [0, 0.05) is 6.07 Å². The highest BCUT2D eigenvalue weighted by Crippen LogP contribution is 2.39. The predicted molar refractivity (Wildman–Crippen MR) is 67.3 cm³/mol. The van der Waals surface area contributed by atoms with Crippen LogP contribution in [-0.2, 0) is 6.61 Å². The van der Waals surface area contributed by atoms with E-state index in [1.54, 1.807) is 6.07 Å². The number of carboxylic acids is 1. The first kappa shape index (κ1) is 13.7. The Balaban J connectivity index is 2.32. The first-order chi connectivity index (χ1) is 9.65. The third-order valence-corrected chi connectivity index (χ3v) is 2.56. The summed E-state index contributed by atoms with van der Waals surface area (Å²) in [5.74, 6) is 0.277. The molecular weight excluding hydrogens is 266 g/mol. The average Bonchev–Trinajstić information content (AvgIpc) is 2.97. The minimum atomic E-state index is -1.08. The largest absolute Gasteiger partial charge is 0.493 e. The highest BCUT2D eigenvalue weighted by Gasteiger charge is 2.17. The van der Waals surface area contributed by atoms with E-state index in [2.05, 4.69) is 5.16 Å². The fourth-order valence-corrected chi connectivity index (χ4v) is 1.61. The Morgan fingerprint density at radius 1 is 1.30 bits per heavy atom. The Labute approximate surface area is 114 Å². The van der Waals surface area contributed by atoms with Crippen LogP contribution in [-0.4, -0.2) is 30.5 Å². The number of aromatic nitrogens is 1. The summed E-state index contributed by atoms with van der Waals surface area (Å²) < 4.78 is 20.7. The van der Waals surface area contributed by atoms with E-state index >= 15 is 0 Å². The van der Waals surface area contributed by atoms with Crippen molar-refractivity contribution in [3.05, 3.63) is 35.7 Å². The van der Waals surface area contributed by atoms with Crippen LogP contribution in [0.1, 0.15) is 16.1 Å². The van der Waals surface area contributed by atoms with Crippen molar-refractivity contribution in [3.63, 3.8) is 0 Å². The van der Waals surface area contributed by atoms with Gasteiger partial charge in [-0.2, -0.15) is 0 Å². The molecule has 1 aromatic heterocycles. The molecule has 20 heavy (non-hydrogen) atoms. The maximum Gasteiger partial charge on any atom is 0.335 e. The van der Waals surface area contributed by atoms with Crippen molar-refractivity contribution in [2.45, 2.75) is 6.61 Å². The van der Waals surface area contributed by atoms with Gasteiger partial charge >= 0.3 is 5.97 Å². The SMILES string of the molecule is COc1cc(C(=O)O)cc(OC)c1OCc1ccno1. The molecule has 2 aromatic rings. The van der Waals surface area contributed by atoms with Crippen molar-refractivity contribution >= 4 is 5.97 Å². The van der Waals surface area contributed by atoms with E-state index in [1.807, 2.05) is 0 Å². The van der Waals surface area contributed by atoms with Crippen LogP contribution < -0.4 is 14.2 Å². The van der Waals surface area contributed by atoms with Crippen LogP contribution in [0.2, 0.25) is 0 Å². The molecule has 0 aliphatic carbocycles. The Morgan fingerprint density at radius 3 is 2.40 bits per heavy atom. The molecule has 0 atom stereocenters. The van der Waals surface area contributed by atoms with E-state index in [4.69, 9.17) is 23.8 Å². The molecule has 0 saturated heterocycles. The summed E-state index contributed by atoms with van der Waals surface area (Å²) in [4.78, 5) is 11.0. The second-order valence-electron chi connectivity index (χ2n) is 3.78. The van der Waals surface area contributed by atoms with Crippen LogP contribution in [0.4, 0.5) is 0 Å². The number of hydrogen-bond acceptors (Lipinski definition) is 6. The van der Waals surface area contributed by atoms with E-state index in [0.717, 1.165) is 0 Å². The Morgan fingerprint density at radius 2 is 1.95 bits per heavy atom. The summed E-state index contributed by atoms with van der Waals surface area (Å²) in [7, 11) is 2.84. The fraction of sp³-hybridized carbons (Fsp3) is 0.231. The van der Waals surface area contributed by atoms with Gasteiger partial charge in [-0.05, 0) is 12.1 Å². The third-order valence-electron chi connectivity index (χ3n) is 2.56. The number of nitrogens with zero attached hydrogens (tertiary/aromatic N) is 1. The van der Waals surface area contributed by atoms with E-state index < -0.39 is 5.97 Å². The van der Waals surface area contributed by atoms with Crippen LogP contribution in [0, 0.1) is 0 Å². The Bertz CT molecular complexity index is 568. The summed E-state index contributed by atoms with van der Waals surface area (Å²) in [5.41, 5.74) is 0.0470. The first-order valence-corrected chi connectivity index (χ1v) is 5.67. The third kappa shape index (κ3) is 2.82. The van der Waals surface area contributed by atoms with Crippen LogP contribution in [0.5, 0.6) is 17.2 Å². The molecular formula is C13H13NO6.